The predicted molar refractivity (Wildman–Crippen MR) is 61.6 cm³/mol. The fourth-order valence-corrected chi connectivity index (χ4v) is 1.57. The summed E-state index contributed by atoms with van der Waals surface area (Å²) in [6, 6.07) is 0. The molecule has 0 aliphatic rings. The molecule has 86 valence electrons. The van der Waals surface area contributed by atoms with Crippen LogP contribution in [0.25, 0.3) is 0 Å². The van der Waals surface area contributed by atoms with E-state index in [1.54, 1.807) is 6.33 Å². The summed E-state index contributed by atoms with van der Waals surface area (Å²) in [5, 5.41) is 7.53. The molecule has 0 spiro atoms. The lowest BCUT2D eigenvalue weighted by atomic mass is 9.89. The topological polar surface area (TPSA) is 42.7 Å². The largest absolute Gasteiger partial charge is 0.316 e. The SMILES string of the molecule is CCCNCC(C)(C)Cc1ncnn1C. The van der Waals surface area contributed by atoms with Gasteiger partial charge in [0.2, 0.25) is 0 Å². The normalized spacial score (nSPS) is 12.0. The number of rotatable bonds is 6. The van der Waals surface area contributed by atoms with E-state index in [-0.39, 0.29) is 5.41 Å². The Morgan fingerprint density at radius 3 is 2.73 bits per heavy atom. The summed E-state index contributed by atoms with van der Waals surface area (Å²) in [7, 11) is 1.94. The van der Waals surface area contributed by atoms with Gasteiger partial charge >= 0.3 is 0 Å². The van der Waals surface area contributed by atoms with Crippen molar-refractivity contribution < 1.29 is 0 Å². The summed E-state index contributed by atoms with van der Waals surface area (Å²) < 4.78 is 1.85. The number of aromatic nitrogens is 3. The van der Waals surface area contributed by atoms with Crippen molar-refractivity contribution in [3.05, 3.63) is 12.2 Å². The van der Waals surface area contributed by atoms with E-state index in [0.29, 0.717) is 0 Å². The molecular formula is C11H22N4. The number of hydrogen-bond acceptors (Lipinski definition) is 3. The van der Waals surface area contributed by atoms with Crippen LogP contribution in [-0.2, 0) is 13.5 Å². The summed E-state index contributed by atoms with van der Waals surface area (Å²) in [6.45, 7) is 8.80. The van der Waals surface area contributed by atoms with Crippen LogP contribution in [-0.4, -0.2) is 27.9 Å². The van der Waals surface area contributed by atoms with Crippen molar-refractivity contribution >= 4 is 0 Å². The molecule has 0 saturated heterocycles. The standard InChI is InChI=1S/C11H22N4/c1-5-6-12-8-11(2,3)7-10-13-9-14-15(10)4/h9,12H,5-8H2,1-4H3. The molecule has 0 atom stereocenters. The number of nitrogens with zero attached hydrogens (tertiary/aromatic N) is 3. The zero-order valence-electron chi connectivity index (χ0n) is 10.2. The number of aryl methyl sites for hydroxylation is 1. The minimum atomic E-state index is 0.232. The second kappa shape index (κ2) is 5.26. The monoisotopic (exact) mass is 210 g/mol. The van der Waals surface area contributed by atoms with Crippen LogP contribution in [0.4, 0.5) is 0 Å². The Bertz CT molecular complexity index is 291. The van der Waals surface area contributed by atoms with Gasteiger partial charge in [-0.25, -0.2) is 4.98 Å². The molecule has 0 aromatic carbocycles. The van der Waals surface area contributed by atoms with Gasteiger partial charge in [0.15, 0.2) is 0 Å². The van der Waals surface area contributed by atoms with E-state index < -0.39 is 0 Å². The van der Waals surface area contributed by atoms with E-state index in [1.165, 1.54) is 6.42 Å². The van der Waals surface area contributed by atoms with Gasteiger partial charge in [0, 0.05) is 20.0 Å². The minimum absolute atomic E-state index is 0.232. The zero-order chi connectivity index (χ0) is 11.3. The third kappa shape index (κ3) is 4.00. The minimum Gasteiger partial charge on any atom is -0.316 e. The molecule has 0 aliphatic carbocycles. The van der Waals surface area contributed by atoms with Crippen molar-refractivity contribution in [3.8, 4) is 0 Å². The van der Waals surface area contributed by atoms with Crippen LogP contribution in [0, 0.1) is 5.41 Å². The first-order valence-corrected chi connectivity index (χ1v) is 5.59. The molecule has 1 heterocycles. The Morgan fingerprint density at radius 1 is 1.47 bits per heavy atom. The second-order valence-electron chi connectivity index (χ2n) is 4.82. The van der Waals surface area contributed by atoms with Crippen LogP contribution in [0.2, 0.25) is 0 Å². The Hall–Kier alpha value is -0.900. The number of nitrogens with one attached hydrogen (secondary N) is 1. The summed E-state index contributed by atoms with van der Waals surface area (Å²) in [5.41, 5.74) is 0.232. The smallest absolute Gasteiger partial charge is 0.138 e. The fourth-order valence-electron chi connectivity index (χ4n) is 1.57. The van der Waals surface area contributed by atoms with Gasteiger partial charge in [-0.2, -0.15) is 5.10 Å². The van der Waals surface area contributed by atoms with Gasteiger partial charge in [-0.1, -0.05) is 20.8 Å². The average Bonchev–Trinajstić information content (AvgIpc) is 2.51. The second-order valence-corrected chi connectivity index (χ2v) is 4.82. The van der Waals surface area contributed by atoms with E-state index in [4.69, 9.17) is 0 Å². The zero-order valence-corrected chi connectivity index (χ0v) is 10.2. The Balaban J connectivity index is 2.45. The highest BCUT2D eigenvalue weighted by Gasteiger charge is 2.20. The highest BCUT2D eigenvalue weighted by atomic mass is 15.3. The summed E-state index contributed by atoms with van der Waals surface area (Å²) >= 11 is 0. The first-order valence-electron chi connectivity index (χ1n) is 5.59. The molecular weight excluding hydrogens is 188 g/mol. The molecule has 0 saturated carbocycles. The predicted octanol–water partition coefficient (Wildman–Crippen LogP) is 1.38. The van der Waals surface area contributed by atoms with Crippen LogP contribution in [0.15, 0.2) is 6.33 Å². The van der Waals surface area contributed by atoms with Gasteiger partial charge in [-0.05, 0) is 18.4 Å². The van der Waals surface area contributed by atoms with Gasteiger partial charge in [0.25, 0.3) is 0 Å². The van der Waals surface area contributed by atoms with Crippen molar-refractivity contribution in [2.45, 2.75) is 33.6 Å². The molecule has 1 N–H and O–H groups in total. The van der Waals surface area contributed by atoms with Crippen LogP contribution in [0.3, 0.4) is 0 Å². The van der Waals surface area contributed by atoms with Crippen LogP contribution in [0.1, 0.15) is 33.0 Å². The Kier molecular flexibility index (Phi) is 4.27. The molecule has 1 aromatic rings. The molecule has 4 heteroatoms. The molecule has 0 unspecified atom stereocenters. The lowest BCUT2D eigenvalue weighted by molar-refractivity contribution is 0.327. The summed E-state index contributed by atoms with van der Waals surface area (Å²) in [6.07, 6.45) is 3.76. The highest BCUT2D eigenvalue weighted by molar-refractivity contribution is 4.90. The summed E-state index contributed by atoms with van der Waals surface area (Å²) in [4.78, 5) is 4.25. The van der Waals surface area contributed by atoms with Crippen LogP contribution in [0.5, 0.6) is 0 Å². The highest BCUT2D eigenvalue weighted by Crippen LogP contribution is 2.19. The van der Waals surface area contributed by atoms with Gasteiger partial charge in [0.05, 0.1) is 0 Å². The molecule has 15 heavy (non-hydrogen) atoms. The molecule has 4 nitrogen and oxygen atoms in total. The molecule has 0 bridgehead atoms. The van der Waals surface area contributed by atoms with E-state index in [9.17, 15) is 0 Å². The summed E-state index contributed by atoms with van der Waals surface area (Å²) in [5.74, 6) is 1.05. The molecule has 0 aliphatic heterocycles. The van der Waals surface area contributed by atoms with Crippen molar-refractivity contribution in [1.82, 2.24) is 20.1 Å². The quantitative estimate of drug-likeness (QED) is 0.721. The molecule has 0 amide bonds. The van der Waals surface area contributed by atoms with Gasteiger partial charge < -0.3 is 5.32 Å². The van der Waals surface area contributed by atoms with Crippen molar-refractivity contribution in [3.63, 3.8) is 0 Å². The maximum Gasteiger partial charge on any atom is 0.138 e. The first kappa shape index (κ1) is 12.2. The molecule has 0 radical (unpaired) electrons. The fraction of sp³-hybridized carbons (Fsp3) is 0.818. The van der Waals surface area contributed by atoms with E-state index >= 15 is 0 Å². The number of hydrogen-bond donors (Lipinski definition) is 1. The average molecular weight is 210 g/mol. The lowest BCUT2D eigenvalue weighted by Crippen LogP contribution is -2.32. The Labute approximate surface area is 92.1 Å². The third-order valence-electron chi connectivity index (χ3n) is 2.47. The maximum absolute atomic E-state index is 4.25. The Morgan fingerprint density at radius 2 is 2.20 bits per heavy atom. The van der Waals surface area contributed by atoms with Crippen LogP contribution >= 0.6 is 0 Å². The van der Waals surface area contributed by atoms with Crippen molar-refractivity contribution in [2.75, 3.05) is 13.1 Å². The molecule has 1 aromatic heterocycles. The van der Waals surface area contributed by atoms with Gasteiger partial charge in [-0.15, -0.1) is 0 Å². The van der Waals surface area contributed by atoms with E-state index in [1.807, 2.05) is 11.7 Å². The van der Waals surface area contributed by atoms with Crippen molar-refractivity contribution in [2.24, 2.45) is 12.5 Å². The van der Waals surface area contributed by atoms with Crippen LogP contribution < -0.4 is 5.32 Å². The molecule has 0 fully saturated rings. The van der Waals surface area contributed by atoms with E-state index in [2.05, 4.69) is 36.2 Å². The van der Waals surface area contributed by atoms with Gasteiger partial charge in [0.1, 0.15) is 12.2 Å². The maximum atomic E-state index is 4.25. The van der Waals surface area contributed by atoms with Crippen molar-refractivity contribution in [1.29, 1.82) is 0 Å². The van der Waals surface area contributed by atoms with Gasteiger partial charge in [-0.3, -0.25) is 4.68 Å². The lowest BCUT2D eigenvalue weighted by Gasteiger charge is -2.24. The molecule has 1 rings (SSSR count). The first-order chi connectivity index (χ1) is 7.05. The third-order valence-corrected chi connectivity index (χ3v) is 2.47. The van der Waals surface area contributed by atoms with E-state index in [0.717, 1.165) is 25.3 Å².